The molecule has 0 spiro atoms. The maximum absolute atomic E-state index is 11.3. The molecule has 0 radical (unpaired) electrons. The number of nitrogens with zero attached hydrogens (tertiary/aromatic N) is 2. The van der Waals surface area contributed by atoms with E-state index in [0.29, 0.717) is 6.54 Å². The van der Waals surface area contributed by atoms with Gasteiger partial charge in [-0.3, -0.25) is 9.69 Å². The van der Waals surface area contributed by atoms with Crippen molar-refractivity contribution in [3.05, 3.63) is 0 Å². The zero-order valence-corrected chi connectivity index (χ0v) is 9.08. The number of carbonyl (C=O) groups excluding carboxylic acids is 1. The maximum Gasteiger partial charge on any atom is 0.236 e. The highest BCUT2D eigenvalue weighted by molar-refractivity contribution is 5.77. The average molecular weight is 184 g/mol. The van der Waals surface area contributed by atoms with Gasteiger partial charge in [0, 0.05) is 20.6 Å². The van der Waals surface area contributed by atoms with Gasteiger partial charge in [-0.1, -0.05) is 6.92 Å². The van der Waals surface area contributed by atoms with Crippen molar-refractivity contribution in [2.24, 2.45) is 11.8 Å². The molecule has 3 nitrogen and oxygen atoms in total. The summed E-state index contributed by atoms with van der Waals surface area (Å²) in [4.78, 5) is 15.1. The van der Waals surface area contributed by atoms with E-state index in [-0.39, 0.29) is 5.91 Å². The Hall–Kier alpha value is -0.570. The summed E-state index contributed by atoms with van der Waals surface area (Å²) in [5, 5.41) is 0. The molecule has 0 bridgehead atoms. The third-order valence-corrected chi connectivity index (χ3v) is 2.73. The second-order valence-electron chi connectivity index (χ2n) is 4.46. The Labute approximate surface area is 80.7 Å². The molecule has 1 aliphatic rings. The summed E-state index contributed by atoms with van der Waals surface area (Å²) >= 11 is 0. The predicted octanol–water partition coefficient (Wildman–Crippen LogP) is 0.662. The zero-order chi connectivity index (χ0) is 10.0. The van der Waals surface area contributed by atoms with Crippen LogP contribution in [-0.4, -0.2) is 49.9 Å². The third kappa shape index (κ3) is 3.35. The molecule has 1 aliphatic carbocycles. The molecule has 0 aromatic rings. The van der Waals surface area contributed by atoms with Crippen molar-refractivity contribution in [1.29, 1.82) is 0 Å². The molecule has 13 heavy (non-hydrogen) atoms. The molecular weight excluding hydrogens is 164 g/mol. The van der Waals surface area contributed by atoms with Gasteiger partial charge in [0.1, 0.15) is 0 Å². The van der Waals surface area contributed by atoms with E-state index < -0.39 is 0 Å². The summed E-state index contributed by atoms with van der Waals surface area (Å²) < 4.78 is 0. The topological polar surface area (TPSA) is 23.6 Å². The Morgan fingerprint density at radius 1 is 1.38 bits per heavy atom. The molecule has 3 heteroatoms. The number of amides is 1. The number of rotatable bonds is 4. The highest BCUT2D eigenvalue weighted by atomic mass is 16.2. The van der Waals surface area contributed by atoms with E-state index in [1.54, 1.807) is 19.0 Å². The Morgan fingerprint density at radius 3 is 2.31 bits per heavy atom. The minimum Gasteiger partial charge on any atom is -0.348 e. The van der Waals surface area contributed by atoms with Crippen LogP contribution < -0.4 is 0 Å². The highest BCUT2D eigenvalue weighted by Crippen LogP contribution is 2.37. The first kappa shape index (κ1) is 10.5. The fraction of sp³-hybridized carbons (Fsp3) is 0.900. The summed E-state index contributed by atoms with van der Waals surface area (Å²) in [5.74, 6) is 1.90. The van der Waals surface area contributed by atoms with Crippen LogP contribution in [0.2, 0.25) is 0 Å². The predicted molar refractivity (Wildman–Crippen MR) is 53.5 cm³/mol. The van der Waals surface area contributed by atoms with Crippen LogP contribution in [0.4, 0.5) is 0 Å². The van der Waals surface area contributed by atoms with Gasteiger partial charge in [-0.25, -0.2) is 0 Å². The monoisotopic (exact) mass is 184 g/mol. The van der Waals surface area contributed by atoms with Crippen molar-refractivity contribution in [1.82, 2.24) is 9.80 Å². The van der Waals surface area contributed by atoms with Crippen LogP contribution in [0.1, 0.15) is 13.3 Å². The molecule has 0 heterocycles. The van der Waals surface area contributed by atoms with Gasteiger partial charge in [0.05, 0.1) is 6.54 Å². The van der Waals surface area contributed by atoms with Crippen molar-refractivity contribution >= 4 is 5.91 Å². The molecule has 1 rings (SSSR count). The molecule has 0 unspecified atom stereocenters. The van der Waals surface area contributed by atoms with Gasteiger partial charge in [0.2, 0.25) is 5.91 Å². The summed E-state index contributed by atoms with van der Waals surface area (Å²) in [6.07, 6.45) is 1.33. The van der Waals surface area contributed by atoms with Gasteiger partial charge in [-0.05, 0) is 25.3 Å². The Bertz CT molecular complexity index is 191. The highest BCUT2D eigenvalue weighted by Gasteiger charge is 2.33. The molecule has 0 saturated heterocycles. The number of hydrogen-bond acceptors (Lipinski definition) is 2. The second-order valence-corrected chi connectivity index (χ2v) is 4.46. The molecule has 0 aromatic carbocycles. The lowest BCUT2D eigenvalue weighted by atomic mass is 10.3. The van der Waals surface area contributed by atoms with Crippen LogP contribution in [0.15, 0.2) is 0 Å². The van der Waals surface area contributed by atoms with Crippen molar-refractivity contribution in [3.63, 3.8) is 0 Å². The van der Waals surface area contributed by atoms with Crippen molar-refractivity contribution in [2.75, 3.05) is 34.2 Å². The average Bonchev–Trinajstić information content (AvgIpc) is 2.65. The zero-order valence-electron chi connectivity index (χ0n) is 9.08. The molecule has 2 atom stereocenters. The fourth-order valence-electron chi connectivity index (χ4n) is 1.49. The maximum atomic E-state index is 11.3. The van der Waals surface area contributed by atoms with Crippen molar-refractivity contribution in [3.8, 4) is 0 Å². The van der Waals surface area contributed by atoms with Crippen LogP contribution in [0, 0.1) is 11.8 Å². The van der Waals surface area contributed by atoms with Crippen LogP contribution in [-0.2, 0) is 4.79 Å². The Morgan fingerprint density at radius 2 is 1.92 bits per heavy atom. The second kappa shape index (κ2) is 4.09. The van der Waals surface area contributed by atoms with E-state index in [1.807, 2.05) is 7.05 Å². The summed E-state index contributed by atoms with van der Waals surface area (Å²) in [5.41, 5.74) is 0. The standard InChI is InChI=1S/C10H20N2O/c1-8-5-9(8)6-12(4)7-10(13)11(2)3/h8-9H,5-7H2,1-4H3/t8-,9+/m1/s1. The molecule has 76 valence electrons. The molecule has 0 N–H and O–H groups in total. The lowest BCUT2D eigenvalue weighted by Crippen LogP contribution is -2.35. The van der Waals surface area contributed by atoms with E-state index >= 15 is 0 Å². The Kier molecular flexibility index (Phi) is 3.31. The minimum atomic E-state index is 0.191. The van der Waals surface area contributed by atoms with E-state index in [0.717, 1.165) is 18.4 Å². The normalized spacial score (nSPS) is 26.2. The van der Waals surface area contributed by atoms with E-state index in [1.165, 1.54) is 6.42 Å². The molecular formula is C10H20N2O. The first-order valence-corrected chi connectivity index (χ1v) is 4.89. The fourth-order valence-corrected chi connectivity index (χ4v) is 1.49. The van der Waals surface area contributed by atoms with E-state index in [9.17, 15) is 4.79 Å². The Balaban J connectivity index is 2.17. The number of carbonyl (C=O) groups is 1. The van der Waals surface area contributed by atoms with Crippen molar-refractivity contribution in [2.45, 2.75) is 13.3 Å². The lowest BCUT2D eigenvalue weighted by molar-refractivity contribution is -0.129. The van der Waals surface area contributed by atoms with Gasteiger partial charge in [0.15, 0.2) is 0 Å². The van der Waals surface area contributed by atoms with E-state index in [2.05, 4.69) is 11.8 Å². The minimum absolute atomic E-state index is 0.191. The molecule has 1 amide bonds. The lowest BCUT2D eigenvalue weighted by Gasteiger charge is -2.18. The van der Waals surface area contributed by atoms with E-state index in [4.69, 9.17) is 0 Å². The van der Waals surface area contributed by atoms with Crippen LogP contribution >= 0.6 is 0 Å². The molecule has 1 fully saturated rings. The van der Waals surface area contributed by atoms with Crippen molar-refractivity contribution < 1.29 is 4.79 Å². The van der Waals surface area contributed by atoms with Gasteiger partial charge >= 0.3 is 0 Å². The summed E-state index contributed by atoms with van der Waals surface area (Å²) in [7, 11) is 5.62. The number of likely N-dealkylation sites (N-methyl/N-ethyl adjacent to an activating group) is 2. The SMILES string of the molecule is C[C@@H]1C[C@H]1CN(C)CC(=O)N(C)C. The first-order valence-electron chi connectivity index (χ1n) is 4.89. The van der Waals surface area contributed by atoms with Gasteiger partial charge < -0.3 is 4.90 Å². The van der Waals surface area contributed by atoms with Gasteiger partial charge in [-0.15, -0.1) is 0 Å². The van der Waals surface area contributed by atoms with Crippen LogP contribution in [0.5, 0.6) is 0 Å². The summed E-state index contributed by atoms with van der Waals surface area (Å²) in [6, 6.07) is 0. The number of hydrogen-bond donors (Lipinski definition) is 0. The first-order chi connectivity index (χ1) is 6.00. The third-order valence-electron chi connectivity index (χ3n) is 2.73. The summed E-state index contributed by atoms with van der Waals surface area (Å²) in [6.45, 7) is 3.89. The quantitative estimate of drug-likeness (QED) is 0.641. The molecule has 0 aliphatic heterocycles. The smallest absolute Gasteiger partial charge is 0.236 e. The van der Waals surface area contributed by atoms with Crippen LogP contribution in [0.3, 0.4) is 0 Å². The largest absolute Gasteiger partial charge is 0.348 e. The molecule has 0 aromatic heterocycles. The van der Waals surface area contributed by atoms with Crippen LogP contribution in [0.25, 0.3) is 0 Å². The molecule has 1 saturated carbocycles. The van der Waals surface area contributed by atoms with Gasteiger partial charge in [0.25, 0.3) is 0 Å². The van der Waals surface area contributed by atoms with Gasteiger partial charge in [-0.2, -0.15) is 0 Å².